The van der Waals surface area contributed by atoms with E-state index in [1.54, 1.807) is 0 Å². The zero-order chi connectivity index (χ0) is 15.2. The first-order valence-corrected chi connectivity index (χ1v) is 7.98. The van der Waals surface area contributed by atoms with Gasteiger partial charge in [0.25, 0.3) is 0 Å². The number of likely N-dealkylation sites (N-methyl/N-ethyl adjacent to an activating group) is 1. The molecular weight excluding hydrogens is 262 g/mol. The van der Waals surface area contributed by atoms with Crippen LogP contribution in [0.15, 0.2) is 12.4 Å². The van der Waals surface area contributed by atoms with E-state index in [-0.39, 0.29) is 0 Å². The Balaban J connectivity index is 1.93. The minimum Gasteiger partial charge on any atom is -0.339 e. The van der Waals surface area contributed by atoms with E-state index in [0.717, 1.165) is 38.2 Å². The minimum absolute atomic E-state index is 0.604. The Labute approximate surface area is 128 Å². The average molecular weight is 291 g/mol. The highest BCUT2D eigenvalue weighted by Gasteiger charge is 2.20. The van der Waals surface area contributed by atoms with E-state index >= 15 is 0 Å². The Hall–Kier alpha value is -1.20. The molecule has 0 spiro atoms. The summed E-state index contributed by atoms with van der Waals surface area (Å²) in [5.74, 6) is 1.45. The molecular formula is C16H29N5. The highest BCUT2D eigenvalue weighted by atomic mass is 15.3. The quantitative estimate of drug-likeness (QED) is 0.751. The number of rotatable bonds is 9. The summed E-state index contributed by atoms with van der Waals surface area (Å²) in [5, 5.41) is 3.49. The number of aromatic nitrogens is 2. The van der Waals surface area contributed by atoms with Crippen molar-refractivity contribution >= 4 is 5.95 Å². The van der Waals surface area contributed by atoms with Crippen molar-refractivity contribution in [1.82, 2.24) is 20.2 Å². The van der Waals surface area contributed by atoms with E-state index in [2.05, 4.69) is 53.0 Å². The van der Waals surface area contributed by atoms with Crippen molar-refractivity contribution in [2.75, 3.05) is 38.6 Å². The summed E-state index contributed by atoms with van der Waals surface area (Å²) < 4.78 is 0. The fourth-order valence-electron chi connectivity index (χ4n) is 2.19. The summed E-state index contributed by atoms with van der Waals surface area (Å²) in [6.07, 6.45) is 6.54. The summed E-state index contributed by atoms with van der Waals surface area (Å²) in [5.41, 5.74) is 1.17. The Morgan fingerprint density at radius 3 is 2.38 bits per heavy atom. The summed E-state index contributed by atoms with van der Waals surface area (Å²) in [4.78, 5) is 13.6. The molecule has 21 heavy (non-hydrogen) atoms. The van der Waals surface area contributed by atoms with Gasteiger partial charge in [0.1, 0.15) is 0 Å². The first-order valence-electron chi connectivity index (χ1n) is 7.98. The number of nitrogens with one attached hydrogen (secondary N) is 1. The highest BCUT2D eigenvalue weighted by molar-refractivity contribution is 5.30. The third kappa shape index (κ3) is 5.98. The van der Waals surface area contributed by atoms with E-state index < -0.39 is 0 Å². The van der Waals surface area contributed by atoms with Crippen molar-refractivity contribution < 1.29 is 0 Å². The summed E-state index contributed by atoms with van der Waals surface area (Å²) >= 11 is 0. The van der Waals surface area contributed by atoms with E-state index in [1.807, 2.05) is 12.4 Å². The van der Waals surface area contributed by atoms with Gasteiger partial charge >= 0.3 is 0 Å². The van der Waals surface area contributed by atoms with Gasteiger partial charge in [-0.2, -0.15) is 0 Å². The molecule has 1 heterocycles. The first-order chi connectivity index (χ1) is 10.0. The summed E-state index contributed by atoms with van der Waals surface area (Å²) in [7, 11) is 4.20. The topological polar surface area (TPSA) is 44.3 Å². The Kier molecular flexibility index (Phi) is 5.94. The Morgan fingerprint density at radius 2 is 1.86 bits per heavy atom. The monoisotopic (exact) mass is 291 g/mol. The van der Waals surface area contributed by atoms with Crippen LogP contribution in [0, 0.1) is 5.92 Å². The van der Waals surface area contributed by atoms with Gasteiger partial charge in [-0.15, -0.1) is 0 Å². The second kappa shape index (κ2) is 7.71. The number of hydrogen-bond donors (Lipinski definition) is 1. The van der Waals surface area contributed by atoms with E-state index in [0.29, 0.717) is 5.92 Å². The maximum absolute atomic E-state index is 4.56. The standard InChI is InChI=1S/C16H29N5/c1-13(2)12-21(8-7-20(3)4)16-18-10-14(11-19-16)9-17-15-5-6-15/h10-11,13,15,17H,5-9,12H2,1-4H3. The molecule has 1 aliphatic carbocycles. The molecule has 0 radical (unpaired) electrons. The fourth-order valence-corrected chi connectivity index (χ4v) is 2.19. The second-order valence-electron chi connectivity index (χ2n) is 6.69. The van der Waals surface area contributed by atoms with Gasteiger partial charge in [0.15, 0.2) is 0 Å². The molecule has 0 unspecified atom stereocenters. The van der Waals surface area contributed by atoms with Gasteiger partial charge in [-0.1, -0.05) is 13.8 Å². The summed E-state index contributed by atoms with van der Waals surface area (Å²) in [6, 6.07) is 0.724. The van der Waals surface area contributed by atoms with Gasteiger partial charge in [-0.05, 0) is 32.9 Å². The van der Waals surface area contributed by atoms with Crippen molar-refractivity contribution in [2.24, 2.45) is 5.92 Å². The molecule has 0 saturated heterocycles. The van der Waals surface area contributed by atoms with Gasteiger partial charge < -0.3 is 15.1 Å². The van der Waals surface area contributed by atoms with Gasteiger partial charge in [-0.25, -0.2) is 9.97 Å². The van der Waals surface area contributed by atoms with E-state index in [4.69, 9.17) is 0 Å². The largest absolute Gasteiger partial charge is 0.339 e. The van der Waals surface area contributed by atoms with Crippen LogP contribution < -0.4 is 10.2 Å². The van der Waals surface area contributed by atoms with Crippen molar-refractivity contribution in [3.8, 4) is 0 Å². The molecule has 5 nitrogen and oxygen atoms in total. The van der Waals surface area contributed by atoms with E-state index in [1.165, 1.54) is 18.4 Å². The molecule has 118 valence electrons. The average Bonchev–Trinajstić information content (AvgIpc) is 3.25. The molecule has 1 saturated carbocycles. The third-order valence-electron chi connectivity index (χ3n) is 3.55. The molecule has 0 bridgehead atoms. The Bertz CT molecular complexity index is 411. The van der Waals surface area contributed by atoms with Gasteiger partial charge in [0.2, 0.25) is 5.95 Å². The molecule has 1 fully saturated rings. The van der Waals surface area contributed by atoms with Crippen LogP contribution in [0.2, 0.25) is 0 Å². The maximum Gasteiger partial charge on any atom is 0.225 e. The smallest absolute Gasteiger partial charge is 0.225 e. The van der Waals surface area contributed by atoms with Crippen LogP contribution in [0.4, 0.5) is 5.95 Å². The van der Waals surface area contributed by atoms with Crippen LogP contribution in [0.5, 0.6) is 0 Å². The molecule has 1 N–H and O–H groups in total. The van der Waals surface area contributed by atoms with Crippen LogP contribution in [0.1, 0.15) is 32.3 Å². The third-order valence-corrected chi connectivity index (χ3v) is 3.55. The molecule has 1 aromatic rings. The molecule has 1 aliphatic rings. The highest BCUT2D eigenvalue weighted by Crippen LogP contribution is 2.19. The van der Waals surface area contributed by atoms with Crippen LogP contribution in [-0.4, -0.2) is 54.6 Å². The van der Waals surface area contributed by atoms with Crippen LogP contribution >= 0.6 is 0 Å². The second-order valence-corrected chi connectivity index (χ2v) is 6.69. The van der Waals surface area contributed by atoms with Crippen LogP contribution in [0.25, 0.3) is 0 Å². The number of hydrogen-bond acceptors (Lipinski definition) is 5. The van der Waals surface area contributed by atoms with E-state index in [9.17, 15) is 0 Å². The van der Waals surface area contributed by atoms with Gasteiger partial charge in [0, 0.05) is 50.2 Å². The maximum atomic E-state index is 4.56. The molecule has 5 heteroatoms. The van der Waals surface area contributed by atoms with Crippen LogP contribution in [0.3, 0.4) is 0 Å². The first kappa shape index (κ1) is 16.2. The molecule has 2 rings (SSSR count). The number of anilines is 1. The molecule has 0 aromatic carbocycles. The van der Waals surface area contributed by atoms with Crippen molar-refractivity contribution in [2.45, 2.75) is 39.3 Å². The molecule has 0 amide bonds. The van der Waals surface area contributed by atoms with Gasteiger partial charge in [-0.3, -0.25) is 0 Å². The lowest BCUT2D eigenvalue weighted by atomic mass is 10.2. The molecule has 0 aliphatic heterocycles. The van der Waals surface area contributed by atoms with Crippen LogP contribution in [-0.2, 0) is 6.54 Å². The predicted molar refractivity (Wildman–Crippen MR) is 87.5 cm³/mol. The number of nitrogens with zero attached hydrogens (tertiary/aromatic N) is 4. The van der Waals surface area contributed by atoms with Crippen molar-refractivity contribution in [3.05, 3.63) is 18.0 Å². The zero-order valence-electron chi connectivity index (χ0n) is 13.8. The normalized spacial score (nSPS) is 15.0. The Morgan fingerprint density at radius 1 is 1.19 bits per heavy atom. The fraction of sp³-hybridized carbons (Fsp3) is 0.750. The molecule has 1 aromatic heterocycles. The predicted octanol–water partition coefficient (Wildman–Crippen LogP) is 1.75. The summed E-state index contributed by atoms with van der Waals surface area (Å²) in [6.45, 7) is 8.32. The SMILES string of the molecule is CC(C)CN(CCN(C)C)c1ncc(CNC2CC2)cn1. The lowest BCUT2D eigenvalue weighted by Gasteiger charge is -2.26. The minimum atomic E-state index is 0.604. The lowest BCUT2D eigenvalue weighted by Crippen LogP contribution is -2.35. The van der Waals surface area contributed by atoms with Crippen molar-refractivity contribution in [1.29, 1.82) is 0 Å². The molecule has 0 atom stereocenters. The lowest BCUT2D eigenvalue weighted by molar-refractivity contribution is 0.407. The van der Waals surface area contributed by atoms with Crippen molar-refractivity contribution in [3.63, 3.8) is 0 Å². The zero-order valence-corrected chi connectivity index (χ0v) is 13.8. The van der Waals surface area contributed by atoms with Gasteiger partial charge in [0.05, 0.1) is 0 Å².